The molecule has 0 atom stereocenters. The van der Waals surface area contributed by atoms with E-state index in [-0.39, 0.29) is 0 Å². The first kappa shape index (κ1) is 8.21. The van der Waals surface area contributed by atoms with Gasteiger partial charge in [0, 0.05) is 18.7 Å². The molecule has 0 aromatic heterocycles. The minimum atomic E-state index is 0.841. The van der Waals surface area contributed by atoms with Crippen LogP contribution < -0.4 is 10.7 Å². The van der Waals surface area contributed by atoms with Gasteiger partial charge in [-0.1, -0.05) is 0 Å². The van der Waals surface area contributed by atoms with Crippen molar-refractivity contribution in [3.05, 3.63) is 11.8 Å². The van der Waals surface area contributed by atoms with Gasteiger partial charge in [0.25, 0.3) is 0 Å². The lowest BCUT2D eigenvalue weighted by Crippen LogP contribution is -2.71. The van der Waals surface area contributed by atoms with Crippen LogP contribution in [0.5, 0.6) is 0 Å². The van der Waals surface area contributed by atoms with Crippen LogP contribution in [0, 0.1) is 0 Å². The first-order valence-electron chi connectivity index (χ1n) is 3.18. The standard InChI is InChI=1S/C7H14N2/c1-4-9-7(3)5-6(2)8/h5H,4,8H2,1-3H3/p+1. The summed E-state index contributed by atoms with van der Waals surface area (Å²) in [6, 6.07) is 0. The maximum Gasteiger partial charge on any atom is 0.172 e. The molecule has 0 saturated heterocycles. The molecule has 0 amide bonds. The molecule has 0 aliphatic heterocycles. The van der Waals surface area contributed by atoms with Crippen LogP contribution in [0.3, 0.4) is 0 Å². The SMILES string of the molecule is CC[NH+]=C(C)C=C(C)N. The Balaban J connectivity index is 3.90. The van der Waals surface area contributed by atoms with E-state index >= 15 is 0 Å². The highest BCUT2D eigenvalue weighted by Crippen LogP contribution is 1.76. The molecular weight excluding hydrogens is 112 g/mol. The molecular formula is C7H15N2+. The highest BCUT2D eigenvalue weighted by atomic mass is 14.7. The lowest BCUT2D eigenvalue weighted by atomic mass is 10.3. The van der Waals surface area contributed by atoms with E-state index in [0.717, 1.165) is 18.0 Å². The summed E-state index contributed by atoms with van der Waals surface area (Å²) in [5.41, 5.74) is 7.39. The lowest BCUT2D eigenvalue weighted by Gasteiger charge is -1.85. The molecule has 0 spiro atoms. The van der Waals surface area contributed by atoms with Crippen molar-refractivity contribution in [1.29, 1.82) is 0 Å². The molecule has 0 aromatic carbocycles. The molecule has 0 aliphatic carbocycles. The zero-order valence-electron chi connectivity index (χ0n) is 6.36. The molecule has 0 aliphatic rings. The molecule has 0 fully saturated rings. The predicted molar refractivity (Wildman–Crippen MR) is 40.1 cm³/mol. The van der Waals surface area contributed by atoms with Crippen molar-refractivity contribution in [2.75, 3.05) is 6.54 Å². The zero-order chi connectivity index (χ0) is 7.28. The normalized spacial score (nSPS) is 14.1. The molecule has 0 bridgehead atoms. The molecule has 0 heterocycles. The third-order valence-electron chi connectivity index (χ3n) is 0.900. The third-order valence-corrected chi connectivity index (χ3v) is 0.900. The number of hydrogen-bond acceptors (Lipinski definition) is 1. The average Bonchev–Trinajstić information content (AvgIpc) is 1.63. The Kier molecular flexibility index (Phi) is 3.76. The fourth-order valence-electron chi connectivity index (χ4n) is 0.671. The van der Waals surface area contributed by atoms with Crippen molar-refractivity contribution in [1.82, 2.24) is 0 Å². The van der Waals surface area contributed by atoms with Crippen LogP contribution in [0.4, 0.5) is 0 Å². The lowest BCUT2D eigenvalue weighted by molar-refractivity contribution is -0.451. The van der Waals surface area contributed by atoms with Crippen LogP contribution in [0.2, 0.25) is 0 Å². The predicted octanol–water partition coefficient (Wildman–Crippen LogP) is -0.590. The molecule has 0 saturated carbocycles. The fraction of sp³-hybridized carbons (Fsp3) is 0.571. The molecule has 2 heteroatoms. The van der Waals surface area contributed by atoms with Crippen molar-refractivity contribution in [2.45, 2.75) is 20.8 Å². The number of rotatable bonds is 2. The number of allylic oxidation sites excluding steroid dienone is 2. The van der Waals surface area contributed by atoms with E-state index in [4.69, 9.17) is 5.73 Å². The van der Waals surface area contributed by atoms with Gasteiger partial charge < -0.3 is 5.73 Å². The van der Waals surface area contributed by atoms with E-state index < -0.39 is 0 Å². The van der Waals surface area contributed by atoms with Gasteiger partial charge in [0.1, 0.15) is 6.54 Å². The van der Waals surface area contributed by atoms with Crippen LogP contribution in [0.25, 0.3) is 0 Å². The Morgan fingerprint density at radius 2 is 2.11 bits per heavy atom. The minimum Gasteiger partial charge on any atom is -0.402 e. The van der Waals surface area contributed by atoms with Gasteiger partial charge in [0.2, 0.25) is 0 Å². The molecule has 0 aromatic rings. The zero-order valence-corrected chi connectivity index (χ0v) is 6.36. The summed E-state index contributed by atoms with van der Waals surface area (Å²) < 4.78 is 0. The maximum atomic E-state index is 5.42. The second-order valence-electron chi connectivity index (χ2n) is 2.10. The van der Waals surface area contributed by atoms with E-state index in [1.165, 1.54) is 0 Å². The maximum absolute atomic E-state index is 5.42. The topological polar surface area (TPSA) is 40.0 Å². The van der Waals surface area contributed by atoms with Gasteiger partial charge in [-0.25, -0.2) is 4.99 Å². The van der Waals surface area contributed by atoms with Gasteiger partial charge in [-0.2, -0.15) is 0 Å². The molecule has 0 rings (SSSR count). The van der Waals surface area contributed by atoms with E-state index in [9.17, 15) is 0 Å². The van der Waals surface area contributed by atoms with E-state index in [1.54, 1.807) is 0 Å². The summed E-state index contributed by atoms with van der Waals surface area (Å²) in [6.45, 7) is 6.89. The smallest absolute Gasteiger partial charge is 0.172 e. The summed E-state index contributed by atoms with van der Waals surface area (Å²) in [5.74, 6) is 0. The molecule has 52 valence electrons. The second-order valence-corrected chi connectivity index (χ2v) is 2.10. The van der Waals surface area contributed by atoms with Crippen LogP contribution >= 0.6 is 0 Å². The largest absolute Gasteiger partial charge is 0.402 e. The molecule has 0 unspecified atom stereocenters. The van der Waals surface area contributed by atoms with Gasteiger partial charge in [-0.15, -0.1) is 0 Å². The van der Waals surface area contributed by atoms with Crippen LogP contribution in [-0.2, 0) is 0 Å². The highest BCUT2D eigenvalue weighted by Gasteiger charge is 1.88. The minimum absolute atomic E-state index is 0.841. The Bertz CT molecular complexity index is 130. The summed E-state index contributed by atoms with van der Waals surface area (Å²) >= 11 is 0. The van der Waals surface area contributed by atoms with Crippen molar-refractivity contribution < 1.29 is 4.99 Å². The van der Waals surface area contributed by atoms with Gasteiger partial charge >= 0.3 is 0 Å². The monoisotopic (exact) mass is 127 g/mol. The Morgan fingerprint density at radius 1 is 1.56 bits per heavy atom. The van der Waals surface area contributed by atoms with Crippen LogP contribution in [0.15, 0.2) is 11.8 Å². The van der Waals surface area contributed by atoms with Crippen LogP contribution in [0.1, 0.15) is 20.8 Å². The molecule has 0 radical (unpaired) electrons. The van der Waals surface area contributed by atoms with Gasteiger partial charge in [-0.3, -0.25) is 0 Å². The number of nitrogens with two attached hydrogens (primary N) is 1. The second kappa shape index (κ2) is 4.13. The van der Waals surface area contributed by atoms with Crippen molar-refractivity contribution in [3.8, 4) is 0 Å². The highest BCUT2D eigenvalue weighted by molar-refractivity contribution is 5.88. The molecule has 9 heavy (non-hydrogen) atoms. The summed E-state index contributed by atoms with van der Waals surface area (Å²) in [6.07, 6.45) is 1.92. The Morgan fingerprint density at radius 3 is 2.44 bits per heavy atom. The van der Waals surface area contributed by atoms with Gasteiger partial charge in [-0.05, 0) is 13.8 Å². The quantitative estimate of drug-likeness (QED) is 0.478. The summed E-state index contributed by atoms with van der Waals surface area (Å²) in [5, 5.41) is 0. The van der Waals surface area contributed by atoms with Crippen molar-refractivity contribution in [3.63, 3.8) is 0 Å². The first-order valence-corrected chi connectivity index (χ1v) is 3.18. The number of nitrogens with one attached hydrogen (secondary N) is 1. The Labute approximate surface area is 56.5 Å². The Hall–Kier alpha value is -0.790. The fourth-order valence-corrected chi connectivity index (χ4v) is 0.671. The van der Waals surface area contributed by atoms with E-state index in [1.807, 2.05) is 19.9 Å². The first-order chi connectivity index (χ1) is 4.16. The summed E-state index contributed by atoms with van der Waals surface area (Å²) in [4.78, 5) is 3.14. The average molecular weight is 127 g/mol. The number of hydrogen-bond donors (Lipinski definition) is 2. The van der Waals surface area contributed by atoms with E-state index in [0.29, 0.717) is 0 Å². The van der Waals surface area contributed by atoms with Gasteiger partial charge in [0.05, 0.1) is 0 Å². The summed E-state index contributed by atoms with van der Waals surface area (Å²) in [7, 11) is 0. The molecule has 2 nitrogen and oxygen atoms in total. The third kappa shape index (κ3) is 5.07. The van der Waals surface area contributed by atoms with Crippen LogP contribution in [-0.4, -0.2) is 12.3 Å². The van der Waals surface area contributed by atoms with Gasteiger partial charge in [0.15, 0.2) is 5.71 Å². The van der Waals surface area contributed by atoms with Crippen molar-refractivity contribution >= 4 is 5.71 Å². The van der Waals surface area contributed by atoms with Crippen molar-refractivity contribution in [2.24, 2.45) is 5.73 Å². The van der Waals surface area contributed by atoms with E-state index in [2.05, 4.69) is 11.9 Å². The molecule has 3 N–H and O–H groups in total.